The number of halogens is 1. The average molecular weight is 264 g/mol. The van der Waals surface area contributed by atoms with E-state index in [1.807, 2.05) is 0 Å². The molecule has 3 rings (SSSR count). The maximum Gasteiger partial charge on any atom is 0.243 e. The van der Waals surface area contributed by atoms with Gasteiger partial charge in [0.05, 0.1) is 11.2 Å². The van der Waals surface area contributed by atoms with Gasteiger partial charge >= 0.3 is 0 Å². The van der Waals surface area contributed by atoms with Crippen molar-refractivity contribution in [2.24, 2.45) is 0 Å². The smallest absolute Gasteiger partial charge is 0.243 e. The van der Waals surface area contributed by atoms with Crippen LogP contribution in [0.4, 0.5) is 11.8 Å². The standard InChI is InChI=1S/C10H10ClN7/c11-7-1-2-8-15-10(17-18(8)5-7)13-3-6-4-14-16-9(6)12/h1-2,4-5H,3H2,(H,13,17)(H3,12,14,16). The van der Waals surface area contributed by atoms with E-state index in [1.165, 1.54) is 0 Å². The minimum Gasteiger partial charge on any atom is -0.384 e. The molecule has 0 aliphatic carbocycles. The van der Waals surface area contributed by atoms with Gasteiger partial charge in [-0.05, 0) is 12.1 Å². The minimum absolute atomic E-state index is 0.507. The number of nitrogens with one attached hydrogen (secondary N) is 2. The normalized spacial score (nSPS) is 10.9. The number of nitrogens with two attached hydrogens (primary N) is 1. The topological polar surface area (TPSA) is 96.9 Å². The number of rotatable bonds is 3. The summed E-state index contributed by atoms with van der Waals surface area (Å²) in [5.74, 6) is 1.05. The molecule has 0 aliphatic rings. The molecule has 0 spiro atoms. The lowest BCUT2D eigenvalue weighted by molar-refractivity contribution is 0.951. The lowest BCUT2D eigenvalue weighted by atomic mass is 10.3. The number of nitrogens with zero attached hydrogens (tertiary/aromatic N) is 4. The summed E-state index contributed by atoms with van der Waals surface area (Å²) in [5, 5.41) is 14.4. The summed E-state index contributed by atoms with van der Waals surface area (Å²) in [6.45, 7) is 0.507. The van der Waals surface area contributed by atoms with Gasteiger partial charge in [-0.2, -0.15) is 10.1 Å². The maximum absolute atomic E-state index is 5.87. The Bertz CT molecular complexity index is 686. The van der Waals surface area contributed by atoms with E-state index in [2.05, 4.69) is 25.6 Å². The summed E-state index contributed by atoms with van der Waals surface area (Å²) in [7, 11) is 0. The lowest BCUT2D eigenvalue weighted by Gasteiger charge is -1.98. The van der Waals surface area contributed by atoms with Gasteiger partial charge in [0.2, 0.25) is 5.95 Å². The molecule has 0 atom stereocenters. The van der Waals surface area contributed by atoms with E-state index in [1.54, 1.807) is 29.0 Å². The monoisotopic (exact) mass is 263 g/mol. The third-order valence-corrected chi connectivity index (χ3v) is 2.71. The summed E-state index contributed by atoms with van der Waals surface area (Å²) in [5.41, 5.74) is 7.27. The van der Waals surface area contributed by atoms with Crippen LogP contribution in [-0.2, 0) is 6.54 Å². The van der Waals surface area contributed by atoms with Crippen molar-refractivity contribution in [2.45, 2.75) is 6.54 Å². The van der Waals surface area contributed by atoms with E-state index in [9.17, 15) is 0 Å². The molecular weight excluding hydrogens is 254 g/mol. The first-order chi connectivity index (χ1) is 8.72. The quantitative estimate of drug-likeness (QED) is 0.662. The molecule has 7 nitrogen and oxygen atoms in total. The molecule has 0 amide bonds. The largest absolute Gasteiger partial charge is 0.384 e. The molecule has 0 radical (unpaired) electrons. The van der Waals surface area contributed by atoms with Crippen molar-refractivity contribution in [3.8, 4) is 0 Å². The predicted octanol–water partition coefficient (Wildman–Crippen LogP) is 1.30. The Morgan fingerprint density at radius 1 is 1.44 bits per heavy atom. The van der Waals surface area contributed by atoms with Gasteiger partial charge in [0.15, 0.2) is 5.65 Å². The van der Waals surface area contributed by atoms with Gasteiger partial charge in [-0.15, -0.1) is 5.10 Å². The molecule has 0 saturated carbocycles. The number of pyridine rings is 1. The summed E-state index contributed by atoms with van der Waals surface area (Å²) < 4.78 is 1.61. The van der Waals surface area contributed by atoms with Gasteiger partial charge in [0, 0.05) is 18.3 Å². The number of nitrogen functional groups attached to an aromatic ring is 1. The summed E-state index contributed by atoms with van der Waals surface area (Å²) in [6, 6.07) is 3.57. The fraction of sp³-hybridized carbons (Fsp3) is 0.100. The second-order valence-corrected chi connectivity index (χ2v) is 4.18. The van der Waals surface area contributed by atoms with Gasteiger partial charge in [0.1, 0.15) is 5.82 Å². The van der Waals surface area contributed by atoms with Crippen molar-refractivity contribution in [2.75, 3.05) is 11.1 Å². The Morgan fingerprint density at radius 3 is 3.11 bits per heavy atom. The van der Waals surface area contributed by atoms with Crippen molar-refractivity contribution in [1.82, 2.24) is 24.8 Å². The van der Waals surface area contributed by atoms with Crippen molar-refractivity contribution in [3.63, 3.8) is 0 Å². The predicted molar refractivity (Wildman–Crippen MR) is 68.3 cm³/mol. The maximum atomic E-state index is 5.87. The second kappa shape index (κ2) is 4.19. The SMILES string of the molecule is Nc1[nH]ncc1CNc1nc2ccc(Cl)cn2n1. The van der Waals surface area contributed by atoms with Crippen LogP contribution >= 0.6 is 11.6 Å². The van der Waals surface area contributed by atoms with Crippen LogP contribution < -0.4 is 11.1 Å². The van der Waals surface area contributed by atoms with Crippen LogP contribution in [0.1, 0.15) is 5.56 Å². The van der Waals surface area contributed by atoms with Crippen molar-refractivity contribution in [3.05, 3.63) is 35.1 Å². The van der Waals surface area contributed by atoms with E-state index in [0.29, 0.717) is 23.3 Å². The molecule has 0 bridgehead atoms. The van der Waals surface area contributed by atoms with E-state index in [-0.39, 0.29) is 0 Å². The molecule has 3 heterocycles. The Kier molecular flexibility index (Phi) is 2.52. The number of anilines is 2. The van der Waals surface area contributed by atoms with Gasteiger partial charge < -0.3 is 11.1 Å². The van der Waals surface area contributed by atoms with Crippen molar-refractivity contribution >= 4 is 29.0 Å². The van der Waals surface area contributed by atoms with E-state index < -0.39 is 0 Å². The van der Waals surface area contributed by atoms with Crippen LogP contribution in [0.25, 0.3) is 5.65 Å². The Labute approximate surface area is 107 Å². The molecule has 0 fully saturated rings. The molecular formula is C10H10ClN7. The highest BCUT2D eigenvalue weighted by Gasteiger charge is 2.05. The fourth-order valence-corrected chi connectivity index (χ4v) is 1.72. The molecule has 0 unspecified atom stereocenters. The molecule has 4 N–H and O–H groups in total. The first kappa shape index (κ1) is 10.8. The number of fused-ring (bicyclic) bond motifs is 1. The highest BCUT2D eigenvalue weighted by molar-refractivity contribution is 6.30. The van der Waals surface area contributed by atoms with Crippen LogP contribution in [0.15, 0.2) is 24.5 Å². The van der Waals surface area contributed by atoms with Gasteiger partial charge in [-0.3, -0.25) is 5.10 Å². The van der Waals surface area contributed by atoms with Gasteiger partial charge in [-0.1, -0.05) is 11.6 Å². The Morgan fingerprint density at radius 2 is 2.33 bits per heavy atom. The number of aromatic nitrogens is 5. The lowest BCUT2D eigenvalue weighted by Crippen LogP contribution is -2.02. The first-order valence-corrected chi connectivity index (χ1v) is 5.64. The molecule has 92 valence electrons. The second-order valence-electron chi connectivity index (χ2n) is 3.75. The van der Waals surface area contributed by atoms with Gasteiger partial charge in [-0.25, -0.2) is 4.52 Å². The third-order valence-electron chi connectivity index (χ3n) is 2.48. The van der Waals surface area contributed by atoms with E-state index in [0.717, 1.165) is 11.2 Å². The fourth-order valence-electron chi connectivity index (χ4n) is 1.57. The summed E-state index contributed by atoms with van der Waals surface area (Å²) >= 11 is 5.87. The Balaban J connectivity index is 1.81. The number of hydrogen-bond acceptors (Lipinski definition) is 5. The molecule has 8 heteroatoms. The molecule has 3 aromatic rings. The average Bonchev–Trinajstić information content (AvgIpc) is 2.92. The Hall–Kier alpha value is -2.28. The van der Waals surface area contributed by atoms with Crippen LogP contribution in [0, 0.1) is 0 Å². The minimum atomic E-state index is 0.507. The van der Waals surface area contributed by atoms with Gasteiger partial charge in [0.25, 0.3) is 0 Å². The zero-order valence-electron chi connectivity index (χ0n) is 9.26. The number of hydrogen-bond donors (Lipinski definition) is 3. The van der Waals surface area contributed by atoms with Crippen molar-refractivity contribution < 1.29 is 0 Å². The van der Waals surface area contributed by atoms with Crippen LogP contribution in [0.2, 0.25) is 5.02 Å². The third kappa shape index (κ3) is 1.95. The number of aromatic amines is 1. The molecule has 0 saturated heterocycles. The zero-order valence-corrected chi connectivity index (χ0v) is 10.0. The highest BCUT2D eigenvalue weighted by atomic mass is 35.5. The number of H-pyrrole nitrogens is 1. The van der Waals surface area contributed by atoms with E-state index in [4.69, 9.17) is 17.3 Å². The van der Waals surface area contributed by atoms with Crippen LogP contribution in [-0.4, -0.2) is 24.8 Å². The van der Waals surface area contributed by atoms with Crippen LogP contribution in [0.3, 0.4) is 0 Å². The molecule has 18 heavy (non-hydrogen) atoms. The van der Waals surface area contributed by atoms with E-state index >= 15 is 0 Å². The molecule has 0 aliphatic heterocycles. The molecule has 3 aromatic heterocycles. The summed E-state index contributed by atoms with van der Waals surface area (Å²) in [4.78, 5) is 4.29. The first-order valence-electron chi connectivity index (χ1n) is 5.26. The zero-order chi connectivity index (χ0) is 12.5. The van der Waals surface area contributed by atoms with Crippen molar-refractivity contribution in [1.29, 1.82) is 0 Å². The summed E-state index contributed by atoms with van der Waals surface area (Å²) in [6.07, 6.45) is 3.36. The molecule has 0 aromatic carbocycles. The van der Waals surface area contributed by atoms with Crippen LogP contribution in [0.5, 0.6) is 0 Å². The highest BCUT2D eigenvalue weighted by Crippen LogP contribution is 2.13.